The van der Waals surface area contributed by atoms with Gasteiger partial charge in [-0.05, 0) is 17.7 Å². The average molecular weight is 419 g/mol. The van der Waals surface area contributed by atoms with E-state index >= 15 is 0 Å². The van der Waals surface area contributed by atoms with Gasteiger partial charge in [0.15, 0.2) is 0 Å². The molecule has 0 aromatic heterocycles. The van der Waals surface area contributed by atoms with Crippen molar-refractivity contribution >= 4 is 33.2 Å². The standard InChI is InChI=1S/C18H19BrN4O3/c19-14-6-7-15(16(12-14)23(25)26)21-8-10-22(11-9-21)17(18(20)24)13-4-2-1-3-5-13/h1-7,12,17H,8-11H2,(H2,20,24). The van der Waals surface area contributed by atoms with E-state index < -0.39 is 6.04 Å². The van der Waals surface area contributed by atoms with Gasteiger partial charge in [-0.15, -0.1) is 0 Å². The van der Waals surface area contributed by atoms with Gasteiger partial charge in [-0.3, -0.25) is 19.8 Å². The van der Waals surface area contributed by atoms with E-state index in [0.717, 1.165) is 5.56 Å². The zero-order valence-electron chi connectivity index (χ0n) is 14.0. The number of primary amides is 1. The summed E-state index contributed by atoms with van der Waals surface area (Å²) in [6, 6.07) is 14.0. The first kappa shape index (κ1) is 18.3. The van der Waals surface area contributed by atoms with Crippen LogP contribution in [-0.2, 0) is 4.79 Å². The lowest BCUT2D eigenvalue weighted by atomic mass is 10.0. The molecule has 7 nitrogen and oxygen atoms in total. The third-order valence-electron chi connectivity index (χ3n) is 4.54. The number of hydrogen-bond acceptors (Lipinski definition) is 5. The monoisotopic (exact) mass is 418 g/mol. The number of nitro groups is 1. The molecule has 1 heterocycles. The minimum atomic E-state index is -0.488. The molecule has 1 saturated heterocycles. The third-order valence-corrected chi connectivity index (χ3v) is 5.03. The molecule has 1 aliphatic heterocycles. The van der Waals surface area contributed by atoms with Crippen LogP contribution in [0.25, 0.3) is 0 Å². The molecule has 2 aromatic carbocycles. The van der Waals surface area contributed by atoms with Crippen LogP contribution < -0.4 is 10.6 Å². The molecule has 3 rings (SSSR count). The molecule has 0 bridgehead atoms. The number of carbonyl (C=O) groups excluding carboxylic acids is 1. The summed E-state index contributed by atoms with van der Waals surface area (Å²) in [6.07, 6.45) is 0. The summed E-state index contributed by atoms with van der Waals surface area (Å²) in [7, 11) is 0. The minimum Gasteiger partial charge on any atom is -0.368 e. The topological polar surface area (TPSA) is 92.7 Å². The summed E-state index contributed by atoms with van der Waals surface area (Å²) in [6.45, 7) is 2.35. The Hall–Kier alpha value is -2.45. The number of halogens is 1. The Bertz CT molecular complexity index is 807. The molecular formula is C18H19BrN4O3. The number of nitro benzene ring substituents is 1. The van der Waals surface area contributed by atoms with Crippen molar-refractivity contribution in [2.45, 2.75) is 6.04 Å². The first-order valence-electron chi connectivity index (χ1n) is 8.24. The number of amides is 1. The Morgan fingerprint density at radius 1 is 1.12 bits per heavy atom. The predicted octanol–water partition coefficient (Wildman–Crippen LogP) is 2.71. The quantitative estimate of drug-likeness (QED) is 0.594. The van der Waals surface area contributed by atoms with Crippen LogP contribution in [0.15, 0.2) is 53.0 Å². The van der Waals surface area contributed by atoms with Crippen LogP contribution in [0.2, 0.25) is 0 Å². The number of nitrogens with zero attached hydrogens (tertiary/aromatic N) is 3. The number of carbonyl (C=O) groups is 1. The molecule has 1 fully saturated rings. The highest BCUT2D eigenvalue weighted by molar-refractivity contribution is 9.10. The Balaban J connectivity index is 1.77. The fourth-order valence-electron chi connectivity index (χ4n) is 3.32. The number of hydrogen-bond donors (Lipinski definition) is 1. The van der Waals surface area contributed by atoms with E-state index in [9.17, 15) is 14.9 Å². The summed E-state index contributed by atoms with van der Waals surface area (Å²) >= 11 is 3.28. The second-order valence-electron chi connectivity index (χ2n) is 6.13. The van der Waals surface area contributed by atoms with Crippen LogP contribution in [0.5, 0.6) is 0 Å². The Labute approximate surface area is 159 Å². The minimum absolute atomic E-state index is 0.0716. The van der Waals surface area contributed by atoms with Gasteiger partial charge in [0.05, 0.1) is 4.92 Å². The van der Waals surface area contributed by atoms with E-state index in [-0.39, 0.29) is 16.5 Å². The Kier molecular flexibility index (Phi) is 5.53. The van der Waals surface area contributed by atoms with Crippen molar-refractivity contribution in [3.63, 3.8) is 0 Å². The first-order chi connectivity index (χ1) is 12.5. The van der Waals surface area contributed by atoms with E-state index in [4.69, 9.17) is 5.73 Å². The van der Waals surface area contributed by atoms with Crippen molar-refractivity contribution in [2.75, 3.05) is 31.1 Å². The largest absolute Gasteiger partial charge is 0.368 e. The summed E-state index contributed by atoms with van der Waals surface area (Å²) < 4.78 is 0.671. The maximum Gasteiger partial charge on any atom is 0.293 e. The highest BCUT2D eigenvalue weighted by atomic mass is 79.9. The second-order valence-corrected chi connectivity index (χ2v) is 7.04. The zero-order valence-corrected chi connectivity index (χ0v) is 15.6. The second kappa shape index (κ2) is 7.84. The molecule has 0 spiro atoms. The van der Waals surface area contributed by atoms with Gasteiger partial charge in [0.1, 0.15) is 11.7 Å². The van der Waals surface area contributed by atoms with Crippen molar-refractivity contribution in [1.82, 2.24) is 4.90 Å². The smallest absolute Gasteiger partial charge is 0.293 e. The van der Waals surface area contributed by atoms with Crippen molar-refractivity contribution in [3.8, 4) is 0 Å². The maximum absolute atomic E-state index is 12.0. The molecule has 1 amide bonds. The summed E-state index contributed by atoms with van der Waals surface area (Å²) in [5.74, 6) is -0.390. The summed E-state index contributed by atoms with van der Waals surface area (Å²) in [5, 5.41) is 11.3. The van der Waals surface area contributed by atoms with Crippen LogP contribution in [0.4, 0.5) is 11.4 Å². The predicted molar refractivity (Wildman–Crippen MR) is 103 cm³/mol. The van der Waals surface area contributed by atoms with Gasteiger partial charge >= 0.3 is 0 Å². The van der Waals surface area contributed by atoms with Gasteiger partial charge in [0.2, 0.25) is 5.91 Å². The number of benzene rings is 2. The van der Waals surface area contributed by atoms with Crippen LogP contribution >= 0.6 is 15.9 Å². The molecule has 1 aliphatic rings. The first-order valence-corrected chi connectivity index (χ1v) is 9.04. The lowest BCUT2D eigenvalue weighted by Gasteiger charge is -2.39. The zero-order chi connectivity index (χ0) is 18.7. The molecular weight excluding hydrogens is 400 g/mol. The van der Waals surface area contributed by atoms with Gasteiger partial charge < -0.3 is 10.6 Å². The lowest BCUT2D eigenvalue weighted by Crippen LogP contribution is -2.50. The number of rotatable bonds is 5. The van der Waals surface area contributed by atoms with Gasteiger partial charge in [-0.1, -0.05) is 46.3 Å². The molecule has 136 valence electrons. The van der Waals surface area contributed by atoms with Crippen molar-refractivity contribution in [1.29, 1.82) is 0 Å². The molecule has 0 saturated carbocycles. The Morgan fingerprint density at radius 3 is 2.35 bits per heavy atom. The van der Waals surface area contributed by atoms with Crippen molar-refractivity contribution in [2.24, 2.45) is 5.73 Å². The van der Waals surface area contributed by atoms with E-state index in [2.05, 4.69) is 15.9 Å². The molecule has 26 heavy (non-hydrogen) atoms. The number of piperazine rings is 1. The SMILES string of the molecule is NC(=O)C(c1ccccc1)N1CCN(c2ccc(Br)cc2[N+](=O)[O-])CC1. The molecule has 0 radical (unpaired) electrons. The maximum atomic E-state index is 12.0. The summed E-state index contributed by atoms with van der Waals surface area (Å²) in [4.78, 5) is 27.0. The van der Waals surface area contributed by atoms with E-state index in [1.807, 2.05) is 40.1 Å². The highest BCUT2D eigenvalue weighted by Gasteiger charge is 2.30. The summed E-state index contributed by atoms with van der Waals surface area (Å²) in [5.41, 5.74) is 7.16. The van der Waals surface area contributed by atoms with Gasteiger partial charge in [-0.2, -0.15) is 0 Å². The molecule has 2 N–H and O–H groups in total. The normalized spacial score (nSPS) is 16.3. The lowest BCUT2D eigenvalue weighted by molar-refractivity contribution is -0.384. The molecule has 0 aliphatic carbocycles. The number of nitrogens with two attached hydrogens (primary N) is 1. The van der Waals surface area contributed by atoms with Crippen molar-refractivity contribution < 1.29 is 9.72 Å². The fourth-order valence-corrected chi connectivity index (χ4v) is 3.67. The highest BCUT2D eigenvalue weighted by Crippen LogP contribution is 2.32. The Morgan fingerprint density at radius 2 is 1.77 bits per heavy atom. The average Bonchev–Trinajstić information content (AvgIpc) is 2.63. The molecule has 8 heteroatoms. The van der Waals surface area contributed by atoms with Gasteiger partial charge in [0.25, 0.3) is 5.69 Å². The van der Waals surface area contributed by atoms with Crippen LogP contribution in [0, 0.1) is 10.1 Å². The van der Waals surface area contributed by atoms with E-state index in [0.29, 0.717) is 36.3 Å². The molecule has 1 atom stereocenters. The van der Waals surface area contributed by atoms with Crippen LogP contribution in [0.3, 0.4) is 0 Å². The van der Waals surface area contributed by atoms with Crippen LogP contribution in [-0.4, -0.2) is 41.9 Å². The number of anilines is 1. The van der Waals surface area contributed by atoms with Gasteiger partial charge in [-0.25, -0.2) is 0 Å². The third kappa shape index (κ3) is 3.86. The molecule has 2 aromatic rings. The van der Waals surface area contributed by atoms with Gasteiger partial charge in [0, 0.05) is 36.7 Å². The van der Waals surface area contributed by atoms with E-state index in [1.54, 1.807) is 12.1 Å². The van der Waals surface area contributed by atoms with Crippen molar-refractivity contribution in [3.05, 3.63) is 68.7 Å². The van der Waals surface area contributed by atoms with E-state index in [1.165, 1.54) is 6.07 Å². The molecule has 1 unspecified atom stereocenters. The van der Waals surface area contributed by atoms with Crippen LogP contribution in [0.1, 0.15) is 11.6 Å². The fraction of sp³-hybridized carbons (Fsp3) is 0.278.